The van der Waals surface area contributed by atoms with E-state index in [2.05, 4.69) is 29.4 Å². The average Bonchev–Trinajstić information content (AvgIpc) is 3.16. The van der Waals surface area contributed by atoms with Gasteiger partial charge in [-0.25, -0.2) is 0 Å². The number of amides is 1. The van der Waals surface area contributed by atoms with E-state index in [1.165, 1.54) is 0 Å². The number of Topliss-reactive ketones (excluding diaryl/α,β-unsaturated/α-hetero) is 1. The molecule has 5 rings (SSSR count). The van der Waals surface area contributed by atoms with Gasteiger partial charge in [-0.3, -0.25) is 9.59 Å². The molecule has 1 aliphatic carbocycles. The number of nitrogens with zero attached hydrogens (tertiary/aromatic N) is 3. The van der Waals surface area contributed by atoms with Crippen molar-refractivity contribution < 1.29 is 14.3 Å². The summed E-state index contributed by atoms with van der Waals surface area (Å²) in [7, 11) is 0. The van der Waals surface area contributed by atoms with Crippen LogP contribution < -0.4 is 5.32 Å². The maximum absolute atomic E-state index is 13.3. The Labute approximate surface area is 171 Å². The highest BCUT2D eigenvalue weighted by molar-refractivity contribution is 6.00. The van der Waals surface area contributed by atoms with Gasteiger partial charge in [0.25, 0.3) is 0 Å². The van der Waals surface area contributed by atoms with Gasteiger partial charge in [0.2, 0.25) is 5.91 Å². The standard InChI is InChI=1S/C22H30N4O3/c1-19(2,3)18(28)26-10-21(11-26)9-22(12-29-21)13-8-23-25-17(13)24-14-6-20(4,5)7-15(27)16(14)22/h24H,6-12H2,1-5H3. The first-order valence-electron chi connectivity index (χ1n) is 10.5. The van der Waals surface area contributed by atoms with Crippen LogP contribution in [0.4, 0.5) is 0 Å². The highest BCUT2D eigenvalue weighted by Crippen LogP contribution is 2.58. The van der Waals surface area contributed by atoms with E-state index in [-0.39, 0.29) is 22.7 Å². The maximum Gasteiger partial charge on any atom is 0.228 e. The average molecular weight is 399 g/mol. The first kappa shape index (κ1) is 19.0. The van der Waals surface area contributed by atoms with Gasteiger partial charge in [0.15, 0.2) is 11.6 Å². The first-order valence-corrected chi connectivity index (χ1v) is 10.5. The summed E-state index contributed by atoms with van der Waals surface area (Å²) in [5, 5.41) is 12.0. The van der Waals surface area contributed by atoms with Gasteiger partial charge in [-0.2, -0.15) is 5.11 Å². The lowest BCUT2D eigenvalue weighted by atomic mass is 9.61. The molecule has 4 heterocycles. The summed E-state index contributed by atoms with van der Waals surface area (Å²) in [5.74, 6) is 1.17. The van der Waals surface area contributed by atoms with Gasteiger partial charge in [0, 0.05) is 28.7 Å². The molecule has 1 atom stereocenters. The van der Waals surface area contributed by atoms with Crippen molar-refractivity contribution >= 4 is 11.7 Å². The third-order valence-corrected chi connectivity index (χ3v) is 7.02. The number of likely N-dealkylation sites (tertiary alicyclic amines) is 1. The number of hydrogen-bond acceptors (Lipinski definition) is 6. The van der Waals surface area contributed by atoms with E-state index in [0.717, 1.165) is 35.5 Å². The molecule has 1 amide bonds. The lowest BCUT2D eigenvalue weighted by Gasteiger charge is -2.50. The molecule has 7 heteroatoms. The van der Waals surface area contributed by atoms with Crippen molar-refractivity contribution in [3.8, 4) is 0 Å². The Morgan fingerprint density at radius 2 is 1.93 bits per heavy atom. The normalized spacial score (nSPS) is 31.9. The molecule has 0 radical (unpaired) electrons. The van der Waals surface area contributed by atoms with E-state index < -0.39 is 10.8 Å². The number of hydrogen-bond donors (Lipinski definition) is 1. The Morgan fingerprint density at radius 3 is 2.62 bits per heavy atom. The molecular weight excluding hydrogens is 368 g/mol. The molecule has 0 aromatic heterocycles. The van der Waals surface area contributed by atoms with Crippen LogP contribution >= 0.6 is 0 Å². The van der Waals surface area contributed by atoms with Crippen molar-refractivity contribution in [3.63, 3.8) is 0 Å². The third kappa shape index (κ3) is 2.66. The second-order valence-corrected chi connectivity index (χ2v) is 11.3. The summed E-state index contributed by atoms with van der Waals surface area (Å²) in [4.78, 5) is 27.8. The number of nitrogens with one attached hydrogen (secondary N) is 1. The molecule has 2 fully saturated rings. The van der Waals surface area contributed by atoms with E-state index in [4.69, 9.17) is 4.74 Å². The van der Waals surface area contributed by atoms with Gasteiger partial charge in [0.1, 0.15) is 5.60 Å². The molecule has 1 N–H and O–H groups in total. The van der Waals surface area contributed by atoms with Gasteiger partial charge in [-0.05, 0) is 18.3 Å². The van der Waals surface area contributed by atoms with Gasteiger partial charge < -0.3 is 15.0 Å². The molecular formula is C22H30N4O3. The molecule has 0 aromatic carbocycles. The van der Waals surface area contributed by atoms with Gasteiger partial charge in [0.05, 0.1) is 31.7 Å². The second-order valence-electron chi connectivity index (χ2n) is 11.3. The predicted molar refractivity (Wildman–Crippen MR) is 107 cm³/mol. The summed E-state index contributed by atoms with van der Waals surface area (Å²) in [6, 6.07) is 0. The van der Waals surface area contributed by atoms with Crippen molar-refractivity contribution in [1.82, 2.24) is 10.2 Å². The molecule has 7 nitrogen and oxygen atoms in total. The van der Waals surface area contributed by atoms with Crippen molar-refractivity contribution in [1.29, 1.82) is 0 Å². The minimum atomic E-state index is -0.454. The quantitative estimate of drug-likeness (QED) is 0.680. The minimum Gasteiger partial charge on any atom is -0.370 e. The molecule has 1 unspecified atom stereocenters. The molecule has 4 aliphatic heterocycles. The summed E-state index contributed by atoms with van der Waals surface area (Å²) in [5.41, 5.74) is 1.68. The Morgan fingerprint density at radius 1 is 1.21 bits per heavy atom. The number of ether oxygens (including phenoxy) is 1. The second kappa shape index (κ2) is 5.56. The van der Waals surface area contributed by atoms with Crippen molar-refractivity contribution in [3.05, 3.63) is 22.7 Å². The largest absolute Gasteiger partial charge is 0.370 e. The minimum absolute atomic E-state index is 0.0680. The zero-order chi connectivity index (χ0) is 20.8. The van der Waals surface area contributed by atoms with E-state index in [9.17, 15) is 9.59 Å². The SMILES string of the molecule is CC1(C)CC(=O)C2=C(C1)NC1=C(CN=N1)C21COC2(CN(C(=O)C(C)(C)C)C2)C1. The monoisotopic (exact) mass is 398 g/mol. The molecule has 5 aliphatic rings. The summed E-state index contributed by atoms with van der Waals surface area (Å²) in [6.45, 7) is 12.3. The van der Waals surface area contributed by atoms with Crippen LogP contribution in [-0.4, -0.2) is 48.4 Å². The predicted octanol–water partition coefficient (Wildman–Crippen LogP) is 2.94. The Hall–Kier alpha value is -2.02. The Balaban J connectivity index is 1.48. The van der Waals surface area contributed by atoms with Crippen molar-refractivity contribution in [2.24, 2.45) is 26.5 Å². The van der Waals surface area contributed by atoms with Gasteiger partial charge in [-0.1, -0.05) is 34.6 Å². The number of dihydropyridines is 1. The lowest BCUT2D eigenvalue weighted by molar-refractivity contribution is -0.165. The first-order chi connectivity index (χ1) is 13.4. The topological polar surface area (TPSA) is 83.4 Å². The van der Waals surface area contributed by atoms with E-state index >= 15 is 0 Å². The van der Waals surface area contributed by atoms with Crippen molar-refractivity contribution in [2.75, 3.05) is 26.2 Å². The molecule has 2 spiro atoms. The fourth-order valence-corrected chi connectivity index (χ4v) is 5.82. The molecule has 0 aromatic rings. The van der Waals surface area contributed by atoms with Crippen molar-refractivity contribution in [2.45, 2.75) is 59.5 Å². The molecule has 0 bridgehead atoms. The van der Waals surface area contributed by atoms with E-state index in [0.29, 0.717) is 32.7 Å². The number of allylic oxidation sites excluding steroid dienone is 1. The third-order valence-electron chi connectivity index (χ3n) is 7.02. The zero-order valence-electron chi connectivity index (χ0n) is 18.0. The number of carbonyl (C=O) groups is 2. The smallest absolute Gasteiger partial charge is 0.228 e. The van der Waals surface area contributed by atoms with Crippen LogP contribution in [-0.2, 0) is 14.3 Å². The maximum atomic E-state index is 13.3. The number of fused-ring (bicyclic) bond motifs is 2. The van der Waals surface area contributed by atoms with Crippen LogP contribution in [0.3, 0.4) is 0 Å². The van der Waals surface area contributed by atoms with E-state index in [1.807, 2.05) is 25.7 Å². The van der Waals surface area contributed by atoms with Crippen LogP contribution in [0.5, 0.6) is 0 Å². The summed E-state index contributed by atoms with van der Waals surface area (Å²) >= 11 is 0. The summed E-state index contributed by atoms with van der Waals surface area (Å²) in [6.07, 6.45) is 2.10. The highest BCUT2D eigenvalue weighted by Gasteiger charge is 2.63. The molecule has 156 valence electrons. The number of carbonyl (C=O) groups excluding carboxylic acids is 2. The van der Waals surface area contributed by atoms with Crippen LogP contribution in [0, 0.1) is 16.2 Å². The van der Waals surface area contributed by atoms with Crippen LogP contribution in [0.2, 0.25) is 0 Å². The fourth-order valence-electron chi connectivity index (χ4n) is 5.82. The van der Waals surface area contributed by atoms with Crippen LogP contribution in [0.1, 0.15) is 53.9 Å². The Bertz CT molecular complexity index is 915. The molecule has 0 saturated carbocycles. The molecule has 29 heavy (non-hydrogen) atoms. The summed E-state index contributed by atoms with van der Waals surface area (Å²) < 4.78 is 6.39. The number of ketones is 1. The number of rotatable bonds is 0. The fraction of sp³-hybridized carbons (Fsp3) is 0.727. The zero-order valence-corrected chi connectivity index (χ0v) is 18.0. The molecule has 2 saturated heterocycles. The lowest BCUT2D eigenvalue weighted by Crippen LogP contribution is -2.65. The highest BCUT2D eigenvalue weighted by atomic mass is 16.5. The van der Waals surface area contributed by atoms with Crippen LogP contribution in [0.25, 0.3) is 0 Å². The van der Waals surface area contributed by atoms with Crippen LogP contribution in [0.15, 0.2) is 32.9 Å². The Kier molecular flexibility index (Phi) is 3.64. The number of azo groups is 1. The van der Waals surface area contributed by atoms with E-state index in [1.54, 1.807) is 0 Å². The van der Waals surface area contributed by atoms with Gasteiger partial charge in [-0.15, -0.1) is 5.11 Å². The van der Waals surface area contributed by atoms with Gasteiger partial charge >= 0.3 is 0 Å².